The number of amides is 1. The molecular weight excluding hydrogens is 330 g/mol. The fraction of sp³-hybridized carbons (Fsp3) is 0.278. The number of rotatable bonds is 7. The molecule has 128 valence electrons. The first-order chi connectivity index (χ1) is 11.5. The van der Waals surface area contributed by atoms with Crippen molar-refractivity contribution in [3.8, 4) is 17.2 Å². The molecule has 1 amide bonds. The van der Waals surface area contributed by atoms with Gasteiger partial charge >= 0.3 is 0 Å². The lowest BCUT2D eigenvalue weighted by atomic mass is 10.2. The topological polar surface area (TPSA) is 56.8 Å². The zero-order valence-electron chi connectivity index (χ0n) is 13.9. The predicted molar refractivity (Wildman–Crippen MR) is 93.1 cm³/mol. The molecule has 5 nitrogen and oxygen atoms in total. The van der Waals surface area contributed by atoms with Crippen LogP contribution in [0.5, 0.6) is 17.2 Å². The summed E-state index contributed by atoms with van der Waals surface area (Å²) in [5.74, 6) is 1.67. The van der Waals surface area contributed by atoms with Gasteiger partial charge in [-0.05, 0) is 48.4 Å². The molecule has 1 N–H and O–H groups in total. The fourth-order valence-corrected chi connectivity index (χ4v) is 2.22. The summed E-state index contributed by atoms with van der Waals surface area (Å²) in [5.41, 5.74) is 1.81. The van der Waals surface area contributed by atoms with E-state index in [1.807, 2.05) is 19.1 Å². The van der Waals surface area contributed by atoms with Crippen LogP contribution in [0.25, 0.3) is 0 Å². The molecule has 24 heavy (non-hydrogen) atoms. The molecule has 0 atom stereocenters. The van der Waals surface area contributed by atoms with Crippen molar-refractivity contribution in [2.45, 2.75) is 13.5 Å². The zero-order valence-corrected chi connectivity index (χ0v) is 14.6. The van der Waals surface area contributed by atoms with E-state index < -0.39 is 0 Å². The Hall–Kier alpha value is -2.40. The van der Waals surface area contributed by atoms with Gasteiger partial charge in [0.15, 0.2) is 18.1 Å². The molecule has 6 heteroatoms. The number of hydrogen-bond donors (Lipinski definition) is 1. The Labute approximate surface area is 146 Å². The molecule has 0 bridgehead atoms. The van der Waals surface area contributed by atoms with Crippen molar-refractivity contribution in [1.29, 1.82) is 0 Å². The summed E-state index contributed by atoms with van der Waals surface area (Å²) in [5, 5.41) is 3.46. The highest BCUT2D eigenvalue weighted by atomic mass is 35.5. The number of ether oxygens (including phenoxy) is 3. The Morgan fingerprint density at radius 2 is 1.83 bits per heavy atom. The number of nitrogens with one attached hydrogen (secondary N) is 1. The third-order valence-electron chi connectivity index (χ3n) is 3.44. The monoisotopic (exact) mass is 349 g/mol. The van der Waals surface area contributed by atoms with E-state index in [2.05, 4.69) is 5.32 Å². The molecule has 2 aromatic rings. The van der Waals surface area contributed by atoms with Crippen molar-refractivity contribution in [3.63, 3.8) is 0 Å². The number of benzene rings is 2. The maximum Gasteiger partial charge on any atom is 0.258 e. The van der Waals surface area contributed by atoms with Crippen LogP contribution in [-0.4, -0.2) is 26.7 Å². The SMILES string of the molecule is COc1ccc(CNC(=O)COc2ccc(Cl)c(C)c2)cc1OC. The zero-order chi connectivity index (χ0) is 17.5. The molecule has 0 aliphatic carbocycles. The van der Waals surface area contributed by atoms with Gasteiger partial charge in [0.25, 0.3) is 5.91 Å². The molecule has 2 aromatic carbocycles. The van der Waals surface area contributed by atoms with Crippen LogP contribution in [0.15, 0.2) is 36.4 Å². The van der Waals surface area contributed by atoms with Crippen LogP contribution in [0, 0.1) is 6.92 Å². The van der Waals surface area contributed by atoms with Crippen molar-refractivity contribution in [1.82, 2.24) is 5.32 Å². The second-order valence-corrected chi connectivity index (χ2v) is 5.57. The van der Waals surface area contributed by atoms with Gasteiger partial charge in [0.2, 0.25) is 0 Å². The number of carbonyl (C=O) groups excluding carboxylic acids is 1. The van der Waals surface area contributed by atoms with Gasteiger partial charge in [-0.1, -0.05) is 17.7 Å². The molecule has 0 spiro atoms. The van der Waals surface area contributed by atoms with E-state index in [1.54, 1.807) is 38.5 Å². The largest absolute Gasteiger partial charge is 0.493 e. The summed E-state index contributed by atoms with van der Waals surface area (Å²) in [6.45, 7) is 2.20. The average Bonchev–Trinajstić information content (AvgIpc) is 2.60. The Kier molecular flexibility index (Phi) is 6.32. The van der Waals surface area contributed by atoms with Crippen molar-refractivity contribution >= 4 is 17.5 Å². The minimum atomic E-state index is -0.211. The summed E-state index contributed by atoms with van der Waals surface area (Å²) in [6, 6.07) is 10.8. The minimum Gasteiger partial charge on any atom is -0.493 e. The van der Waals surface area contributed by atoms with Crippen molar-refractivity contribution in [2.75, 3.05) is 20.8 Å². The minimum absolute atomic E-state index is 0.0611. The highest BCUT2D eigenvalue weighted by Gasteiger charge is 2.07. The van der Waals surface area contributed by atoms with Crippen LogP contribution in [-0.2, 0) is 11.3 Å². The number of aryl methyl sites for hydroxylation is 1. The van der Waals surface area contributed by atoms with Crippen LogP contribution in [0.1, 0.15) is 11.1 Å². The van der Waals surface area contributed by atoms with Crippen LogP contribution < -0.4 is 19.5 Å². The summed E-state index contributed by atoms with van der Waals surface area (Å²) in [4.78, 5) is 11.9. The molecule has 0 radical (unpaired) electrons. The van der Waals surface area contributed by atoms with Crippen molar-refractivity contribution in [3.05, 3.63) is 52.5 Å². The molecule has 0 aromatic heterocycles. The van der Waals surface area contributed by atoms with Crippen molar-refractivity contribution < 1.29 is 19.0 Å². The molecule has 2 rings (SSSR count). The van der Waals surface area contributed by atoms with Gasteiger partial charge < -0.3 is 19.5 Å². The second-order valence-electron chi connectivity index (χ2n) is 5.17. The lowest BCUT2D eigenvalue weighted by molar-refractivity contribution is -0.123. The molecule has 0 aliphatic heterocycles. The molecular formula is C18H20ClNO4. The van der Waals surface area contributed by atoms with Gasteiger partial charge in [0, 0.05) is 11.6 Å². The number of halogens is 1. The van der Waals surface area contributed by atoms with Crippen molar-refractivity contribution in [2.24, 2.45) is 0 Å². The van der Waals surface area contributed by atoms with E-state index in [-0.39, 0.29) is 12.5 Å². The highest BCUT2D eigenvalue weighted by Crippen LogP contribution is 2.27. The van der Waals surface area contributed by atoms with E-state index in [0.717, 1.165) is 11.1 Å². The van der Waals surface area contributed by atoms with Gasteiger partial charge in [-0.25, -0.2) is 0 Å². The first-order valence-electron chi connectivity index (χ1n) is 7.40. The van der Waals surface area contributed by atoms with Gasteiger partial charge in [-0.2, -0.15) is 0 Å². The average molecular weight is 350 g/mol. The Balaban J connectivity index is 1.85. The first kappa shape index (κ1) is 17.9. The van der Waals surface area contributed by atoms with E-state index in [0.29, 0.717) is 28.8 Å². The van der Waals surface area contributed by atoms with Gasteiger partial charge in [0.05, 0.1) is 14.2 Å². The molecule has 0 fully saturated rings. The molecule has 0 heterocycles. The maximum absolute atomic E-state index is 11.9. The predicted octanol–water partition coefficient (Wildman–Crippen LogP) is 3.36. The van der Waals surface area contributed by atoms with Gasteiger partial charge in [0.1, 0.15) is 5.75 Å². The highest BCUT2D eigenvalue weighted by molar-refractivity contribution is 6.31. The molecule has 0 unspecified atom stereocenters. The maximum atomic E-state index is 11.9. The van der Waals surface area contributed by atoms with E-state index in [1.165, 1.54) is 0 Å². The normalized spacial score (nSPS) is 10.2. The summed E-state index contributed by atoms with van der Waals surface area (Å²) >= 11 is 5.95. The third-order valence-corrected chi connectivity index (χ3v) is 3.86. The standard InChI is InChI=1S/C18H20ClNO4/c1-12-8-14(5-6-15(12)19)24-11-18(21)20-10-13-4-7-16(22-2)17(9-13)23-3/h4-9H,10-11H2,1-3H3,(H,20,21). The third kappa shape index (κ3) is 4.80. The van der Waals surface area contributed by atoms with Crippen LogP contribution in [0.2, 0.25) is 5.02 Å². The summed E-state index contributed by atoms with van der Waals surface area (Å²) in [6.07, 6.45) is 0. The number of carbonyl (C=O) groups is 1. The molecule has 0 saturated carbocycles. The summed E-state index contributed by atoms with van der Waals surface area (Å²) < 4.78 is 15.9. The van der Waals surface area contributed by atoms with E-state index >= 15 is 0 Å². The van der Waals surface area contributed by atoms with Crippen LogP contribution >= 0.6 is 11.6 Å². The number of hydrogen-bond acceptors (Lipinski definition) is 4. The Morgan fingerprint density at radius 1 is 1.08 bits per heavy atom. The van der Waals surface area contributed by atoms with Crippen LogP contribution in [0.4, 0.5) is 0 Å². The van der Waals surface area contributed by atoms with Gasteiger partial charge in [-0.15, -0.1) is 0 Å². The molecule has 0 aliphatic rings. The summed E-state index contributed by atoms with van der Waals surface area (Å²) in [7, 11) is 3.15. The second kappa shape index (κ2) is 8.45. The number of methoxy groups -OCH3 is 2. The fourth-order valence-electron chi connectivity index (χ4n) is 2.10. The Bertz CT molecular complexity index is 718. The van der Waals surface area contributed by atoms with E-state index in [9.17, 15) is 4.79 Å². The smallest absolute Gasteiger partial charge is 0.258 e. The molecule has 0 saturated heterocycles. The Morgan fingerprint density at radius 3 is 2.50 bits per heavy atom. The lowest BCUT2D eigenvalue weighted by Crippen LogP contribution is -2.28. The first-order valence-corrected chi connectivity index (χ1v) is 7.78. The van der Waals surface area contributed by atoms with Gasteiger partial charge in [-0.3, -0.25) is 4.79 Å². The van der Waals surface area contributed by atoms with Crippen LogP contribution in [0.3, 0.4) is 0 Å². The lowest BCUT2D eigenvalue weighted by Gasteiger charge is -2.11. The van der Waals surface area contributed by atoms with E-state index in [4.69, 9.17) is 25.8 Å². The quantitative estimate of drug-likeness (QED) is 0.832.